The summed E-state index contributed by atoms with van der Waals surface area (Å²) in [7, 11) is 0. The smallest absolute Gasteiger partial charge is 0.416 e. The van der Waals surface area contributed by atoms with Gasteiger partial charge in [-0.2, -0.15) is 24.9 Å². The van der Waals surface area contributed by atoms with Gasteiger partial charge in [-0.3, -0.25) is 10.1 Å². The third kappa shape index (κ3) is 5.93. The van der Waals surface area contributed by atoms with Crippen molar-refractivity contribution in [1.82, 2.24) is 0 Å². The van der Waals surface area contributed by atoms with E-state index < -0.39 is 16.7 Å². The SMILES string of the molecule is CSCCCNc1cc(Oc2ccc(C(F)(F)F)cc2Cl)ccc1[N+](=O)[O-]. The number of nitro groups is 1. The van der Waals surface area contributed by atoms with Crippen LogP contribution < -0.4 is 10.1 Å². The van der Waals surface area contributed by atoms with Crippen LogP contribution in [-0.4, -0.2) is 23.5 Å². The van der Waals surface area contributed by atoms with E-state index >= 15 is 0 Å². The Morgan fingerprint density at radius 3 is 2.59 bits per heavy atom. The van der Waals surface area contributed by atoms with E-state index in [9.17, 15) is 23.3 Å². The standard InChI is InChI=1S/C17H16ClF3N2O3S/c1-27-8-2-7-22-14-10-12(4-5-15(14)23(24)25)26-16-6-3-11(9-13(16)18)17(19,20)21/h3-6,9-10,22H,2,7-8H2,1H3. The molecule has 0 radical (unpaired) electrons. The van der Waals surface area contributed by atoms with Crippen molar-refractivity contribution in [3.8, 4) is 11.5 Å². The van der Waals surface area contributed by atoms with E-state index in [-0.39, 0.29) is 27.9 Å². The average Bonchev–Trinajstić information content (AvgIpc) is 2.59. The molecule has 0 saturated carbocycles. The van der Waals surface area contributed by atoms with Crippen molar-refractivity contribution in [2.24, 2.45) is 0 Å². The van der Waals surface area contributed by atoms with Crippen LogP contribution in [0.25, 0.3) is 0 Å². The van der Waals surface area contributed by atoms with Gasteiger partial charge in [0.05, 0.1) is 15.5 Å². The highest BCUT2D eigenvalue weighted by molar-refractivity contribution is 7.98. The molecule has 2 aromatic carbocycles. The van der Waals surface area contributed by atoms with Crippen LogP contribution in [0.1, 0.15) is 12.0 Å². The summed E-state index contributed by atoms with van der Waals surface area (Å²) >= 11 is 7.54. The van der Waals surface area contributed by atoms with E-state index in [0.29, 0.717) is 6.54 Å². The first-order valence-corrected chi connectivity index (χ1v) is 9.55. The lowest BCUT2D eigenvalue weighted by Crippen LogP contribution is -2.05. The predicted molar refractivity (Wildman–Crippen MR) is 101 cm³/mol. The number of nitrogens with zero attached hydrogens (tertiary/aromatic N) is 1. The first-order chi connectivity index (χ1) is 12.7. The Hall–Kier alpha value is -2.13. The van der Waals surface area contributed by atoms with Crippen molar-refractivity contribution >= 4 is 34.7 Å². The van der Waals surface area contributed by atoms with Gasteiger partial charge in [-0.1, -0.05) is 11.6 Å². The number of nitrogens with one attached hydrogen (secondary N) is 1. The Morgan fingerprint density at radius 2 is 2.00 bits per heavy atom. The number of rotatable bonds is 8. The summed E-state index contributed by atoms with van der Waals surface area (Å²) in [6.07, 6.45) is -1.73. The quantitative estimate of drug-likeness (QED) is 0.312. The van der Waals surface area contributed by atoms with Gasteiger partial charge in [0, 0.05) is 18.7 Å². The molecule has 0 aliphatic rings. The van der Waals surface area contributed by atoms with Crippen LogP contribution in [0, 0.1) is 10.1 Å². The van der Waals surface area contributed by atoms with Crippen LogP contribution in [0.4, 0.5) is 24.5 Å². The lowest BCUT2D eigenvalue weighted by Gasteiger charge is -2.12. The summed E-state index contributed by atoms with van der Waals surface area (Å²) < 4.78 is 43.6. The molecule has 10 heteroatoms. The molecule has 27 heavy (non-hydrogen) atoms. The maximum absolute atomic E-state index is 12.7. The monoisotopic (exact) mass is 420 g/mol. The number of alkyl halides is 3. The molecule has 0 amide bonds. The minimum Gasteiger partial charge on any atom is -0.456 e. The predicted octanol–water partition coefficient (Wildman–Crippen LogP) is 6.22. The number of hydrogen-bond acceptors (Lipinski definition) is 5. The van der Waals surface area contributed by atoms with Gasteiger partial charge in [-0.05, 0) is 42.7 Å². The lowest BCUT2D eigenvalue weighted by atomic mass is 10.2. The maximum atomic E-state index is 12.7. The lowest BCUT2D eigenvalue weighted by molar-refractivity contribution is -0.384. The average molecular weight is 421 g/mol. The van der Waals surface area contributed by atoms with E-state index in [1.807, 2.05) is 6.26 Å². The summed E-state index contributed by atoms with van der Waals surface area (Å²) in [6.45, 7) is 0.534. The van der Waals surface area contributed by atoms with Crippen LogP contribution in [0.5, 0.6) is 11.5 Å². The first-order valence-electron chi connectivity index (χ1n) is 7.78. The molecule has 5 nitrogen and oxygen atoms in total. The number of ether oxygens (including phenoxy) is 1. The topological polar surface area (TPSA) is 64.4 Å². The Labute approximate surface area is 163 Å². The molecule has 0 atom stereocenters. The highest BCUT2D eigenvalue weighted by atomic mass is 35.5. The normalized spacial score (nSPS) is 11.3. The van der Waals surface area contributed by atoms with Gasteiger partial charge in [0.1, 0.15) is 17.2 Å². The molecular formula is C17H16ClF3N2O3S. The van der Waals surface area contributed by atoms with Crippen LogP contribution >= 0.6 is 23.4 Å². The molecule has 0 bridgehead atoms. The molecule has 0 aromatic heterocycles. The number of thioether (sulfide) groups is 1. The Morgan fingerprint density at radius 1 is 1.26 bits per heavy atom. The molecule has 0 aliphatic carbocycles. The molecule has 0 saturated heterocycles. The molecule has 1 N–H and O–H groups in total. The molecule has 2 rings (SSSR count). The first kappa shape index (κ1) is 21.2. The third-order valence-corrected chi connectivity index (χ3v) is 4.48. The minimum absolute atomic E-state index is 0.0202. The summed E-state index contributed by atoms with van der Waals surface area (Å²) in [5.74, 6) is 1.14. The molecular weight excluding hydrogens is 405 g/mol. The zero-order valence-electron chi connectivity index (χ0n) is 14.2. The molecule has 0 heterocycles. The molecule has 0 fully saturated rings. The Kier molecular flexibility index (Phi) is 7.20. The van der Waals surface area contributed by atoms with E-state index in [4.69, 9.17) is 16.3 Å². The van der Waals surface area contributed by atoms with Crippen molar-refractivity contribution in [2.45, 2.75) is 12.6 Å². The Balaban J connectivity index is 2.22. The second-order valence-electron chi connectivity index (χ2n) is 5.45. The van der Waals surface area contributed by atoms with Gasteiger partial charge in [0.15, 0.2) is 0 Å². The largest absolute Gasteiger partial charge is 0.456 e. The molecule has 146 valence electrons. The van der Waals surface area contributed by atoms with Gasteiger partial charge < -0.3 is 10.1 Å². The molecule has 0 aliphatic heterocycles. The molecule has 0 unspecified atom stereocenters. The van der Waals surface area contributed by atoms with E-state index in [0.717, 1.165) is 30.4 Å². The van der Waals surface area contributed by atoms with Crippen molar-refractivity contribution in [3.63, 3.8) is 0 Å². The Bertz CT molecular complexity index is 818. The number of halogens is 4. The number of benzene rings is 2. The highest BCUT2D eigenvalue weighted by Gasteiger charge is 2.31. The van der Waals surface area contributed by atoms with E-state index in [1.165, 1.54) is 18.2 Å². The van der Waals surface area contributed by atoms with Gasteiger partial charge >= 0.3 is 6.18 Å². The maximum Gasteiger partial charge on any atom is 0.416 e. The minimum atomic E-state index is -4.51. The van der Waals surface area contributed by atoms with Crippen molar-refractivity contribution < 1.29 is 22.8 Å². The fourth-order valence-corrected chi connectivity index (χ4v) is 2.86. The van der Waals surface area contributed by atoms with Gasteiger partial charge in [-0.25, -0.2) is 0 Å². The summed E-state index contributed by atoms with van der Waals surface area (Å²) in [4.78, 5) is 10.6. The number of anilines is 1. The summed E-state index contributed by atoms with van der Waals surface area (Å²) in [5.41, 5.74) is -0.744. The molecule has 0 spiro atoms. The van der Waals surface area contributed by atoms with Crippen LogP contribution in [0.3, 0.4) is 0 Å². The summed E-state index contributed by atoms with van der Waals surface area (Å²) in [6, 6.07) is 6.78. The van der Waals surface area contributed by atoms with Crippen LogP contribution in [0.2, 0.25) is 5.02 Å². The van der Waals surface area contributed by atoms with Gasteiger partial charge in [0.25, 0.3) is 5.69 Å². The zero-order valence-corrected chi connectivity index (χ0v) is 15.7. The third-order valence-electron chi connectivity index (χ3n) is 3.49. The molecule has 2 aromatic rings. The summed E-state index contributed by atoms with van der Waals surface area (Å²) in [5, 5.41) is 13.9. The van der Waals surface area contributed by atoms with E-state index in [1.54, 1.807) is 11.8 Å². The van der Waals surface area contributed by atoms with E-state index in [2.05, 4.69) is 5.32 Å². The fourth-order valence-electron chi connectivity index (χ4n) is 2.21. The van der Waals surface area contributed by atoms with Crippen molar-refractivity contribution in [2.75, 3.05) is 23.9 Å². The number of nitro benzene ring substituents is 1. The highest BCUT2D eigenvalue weighted by Crippen LogP contribution is 2.37. The van der Waals surface area contributed by atoms with Crippen LogP contribution in [-0.2, 0) is 6.18 Å². The van der Waals surface area contributed by atoms with Crippen LogP contribution in [0.15, 0.2) is 36.4 Å². The van der Waals surface area contributed by atoms with Crippen molar-refractivity contribution in [1.29, 1.82) is 0 Å². The second kappa shape index (κ2) is 9.18. The van der Waals surface area contributed by atoms with Gasteiger partial charge in [0.2, 0.25) is 0 Å². The van der Waals surface area contributed by atoms with Crippen molar-refractivity contribution in [3.05, 3.63) is 57.1 Å². The number of hydrogen-bond donors (Lipinski definition) is 1. The van der Waals surface area contributed by atoms with Gasteiger partial charge in [-0.15, -0.1) is 0 Å². The second-order valence-corrected chi connectivity index (χ2v) is 6.85. The zero-order chi connectivity index (χ0) is 20.0. The fraction of sp³-hybridized carbons (Fsp3) is 0.294.